The molecule has 1 aliphatic rings. The van der Waals surface area contributed by atoms with Crippen LogP contribution in [-0.2, 0) is 15.8 Å². The average Bonchev–Trinajstić information content (AvgIpc) is 2.38. The summed E-state index contributed by atoms with van der Waals surface area (Å²) in [4.78, 5) is 10.9. The number of aliphatic hydroxyl groups is 1. The molecule has 0 heterocycles. The monoisotopic (exact) mass is 313 g/mol. The Morgan fingerprint density at radius 2 is 2.10 bits per heavy atom. The molecule has 7 heteroatoms. The minimum absolute atomic E-state index is 0.0575. The molecule has 6 nitrogen and oxygen atoms in total. The molecule has 0 saturated heterocycles. The van der Waals surface area contributed by atoms with Crippen LogP contribution in [0.15, 0.2) is 24.3 Å². The van der Waals surface area contributed by atoms with E-state index in [-0.39, 0.29) is 17.4 Å². The summed E-state index contributed by atoms with van der Waals surface area (Å²) in [7, 11) is -3.59. The Labute approximate surface area is 123 Å². The van der Waals surface area contributed by atoms with Gasteiger partial charge in [-0.15, -0.1) is 0 Å². The number of rotatable bonds is 5. The largest absolute Gasteiger partial charge is 0.478 e. The second-order valence-corrected chi connectivity index (χ2v) is 7.76. The molecule has 2 unspecified atom stereocenters. The number of hydrogen-bond donors (Lipinski definition) is 3. The van der Waals surface area contributed by atoms with Crippen molar-refractivity contribution >= 4 is 16.0 Å². The molecule has 0 aliphatic heterocycles. The minimum Gasteiger partial charge on any atom is -0.478 e. The summed E-state index contributed by atoms with van der Waals surface area (Å²) >= 11 is 0. The number of sulfonamides is 1. The summed E-state index contributed by atoms with van der Waals surface area (Å²) in [5.74, 6) is -1.37. The van der Waals surface area contributed by atoms with Crippen LogP contribution in [0.1, 0.15) is 36.2 Å². The second-order valence-electron chi connectivity index (χ2n) is 6.01. The molecule has 1 saturated carbocycles. The van der Waals surface area contributed by atoms with E-state index in [0.29, 0.717) is 12.0 Å². The van der Waals surface area contributed by atoms with Crippen molar-refractivity contribution in [1.82, 2.24) is 4.72 Å². The molecular formula is C14H19NO5S. The quantitative estimate of drug-likeness (QED) is 0.751. The van der Waals surface area contributed by atoms with E-state index in [1.807, 2.05) is 0 Å². The molecule has 21 heavy (non-hydrogen) atoms. The predicted octanol–water partition coefficient (Wildman–Crippen LogP) is 0.964. The third-order valence-corrected chi connectivity index (χ3v) is 5.43. The Kier molecular flexibility index (Phi) is 4.10. The Hall–Kier alpha value is -1.44. The number of carboxylic acids is 1. The molecule has 116 valence electrons. The molecule has 1 aliphatic carbocycles. The Balaban J connectivity index is 2.08. The van der Waals surface area contributed by atoms with Gasteiger partial charge in [-0.25, -0.2) is 17.9 Å². The van der Waals surface area contributed by atoms with E-state index >= 15 is 0 Å². The van der Waals surface area contributed by atoms with Gasteiger partial charge in [0.05, 0.1) is 17.4 Å². The normalized spacial score (nSPS) is 24.3. The predicted molar refractivity (Wildman–Crippen MR) is 77.4 cm³/mol. The third-order valence-electron chi connectivity index (χ3n) is 4.07. The van der Waals surface area contributed by atoms with Gasteiger partial charge in [0.25, 0.3) is 0 Å². The highest BCUT2D eigenvalue weighted by Gasteiger charge is 2.48. The maximum atomic E-state index is 12.1. The summed E-state index contributed by atoms with van der Waals surface area (Å²) in [5.41, 5.74) is -0.0159. The summed E-state index contributed by atoms with van der Waals surface area (Å²) in [6.45, 7) is 3.61. The Bertz CT molecular complexity index is 653. The third kappa shape index (κ3) is 3.42. The van der Waals surface area contributed by atoms with Crippen LogP contribution >= 0.6 is 0 Å². The maximum Gasteiger partial charge on any atom is 0.335 e. The van der Waals surface area contributed by atoms with Crippen molar-refractivity contribution in [3.05, 3.63) is 35.4 Å². The lowest BCUT2D eigenvalue weighted by atomic mass is 9.65. The van der Waals surface area contributed by atoms with Crippen LogP contribution in [-0.4, -0.2) is 36.7 Å². The van der Waals surface area contributed by atoms with Gasteiger partial charge in [0, 0.05) is 11.5 Å². The van der Waals surface area contributed by atoms with E-state index in [0.717, 1.165) is 0 Å². The van der Waals surface area contributed by atoms with Crippen LogP contribution in [0.5, 0.6) is 0 Å². The van der Waals surface area contributed by atoms with Gasteiger partial charge in [-0.2, -0.15) is 0 Å². The first-order valence-corrected chi connectivity index (χ1v) is 8.27. The molecule has 0 radical (unpaired) electrons. The van der Waals surface area contributed by atoms with Crippen LogP contribution in [0.25, 0.3) is 0 Å². The van der Waals surface area contributed by atoms with Crippen LogP contribution in [0.3, 0.4) is 0 Å². The molecule has 1 aromatic carbocycles. The fourth-order valence-electron chi connectivity index (χ4n) is 2.37. The standard InChI is InChI=1S/C14H19NO5S/c1-14(2)11(7-12(14)16)15-21(19,20)8-9-4-3-5-10(6-9)13(17)18/h3-6,11-12,15-16H,7-8H2,1-2H3,(H,17,18). The second kappa shape index (κ2) is 5.40. The molecular weight excluding hydrogens is 294 g/mol. The van der Waals surface area contributed by atoms with Gasteiger partial charge in [0.15, 0.2) is 0 Å². The van der Waals surface area contributed by atoms with Crippen LogP contribution < -0.4 is 4.72 Å². The zero-order valence-electron chi connectivity index (χ0n) is 11.9. The number of nitrogens with one attached hydrogen (secondary N) is 1. The highest BCUT2D eigenvalue weighted by Crippen LogP contribution is 2.40. The van der Waals surface area contributed by atoms with Crippen molar-refractivity contribution < 1.29 is 23.4 Å². The number of hydrogen-bond acceptors (Lipinski definition) is 4. The zero-order valence-corrected chi connectivity index (χ0v) is 12.7. The van der Waals surface area contributed by atoms with E-state index in [1.165, 1.54) is 18.2 Å². The lowest BCUT2D eigenvalue weighted by Crippen LogP contribution is -2.61. The lowest BCUT2D eigenvalue weighted by Gasteiger charge is -2.49. The van der Waals surface area contributed by atoms with Crippen LogP contribution in [0, 0.1) is 5.41 Å². The maximum absolute atomic E-state index is 12.1. The number of aromatic carboxylic acids is 1. The van der Waals surface area contributed by atoms with E-state index in [2.05, 4.69) is 4.72 Å². The van der Waals surface area contributed by atoms with Gasteiger partial charge in [-0.05, 0) is 24.1 Å². The molecule has 1 aromatic rings. The van der Waals surface area contributed by atoms with Gasteiger partial charge in [0.1, 0.15) is 0 Å². The van der Waals surface area contributed by atoms with Crippen molar-refractivity contribution in [3.63, 3.8) is 0 Å². The zero-order chi connectivity index (χ0) is 15.8. The van der Waals surface area contributed by atoms with E-state index in [4.69, 9.17) is 5.11 Å². The molecule has 1 fully saturated rings. The highest BCUT2D eigenvalue weighted by molar-refractivity contribution is 7.88. The van der Waals surface area contributed by atoms with Crippen molar-refractivity contribution in [2.75, 3.05) is 0 Å². The van der Waals surface area contributed by atoms with Gasteiger partial charge in [0.2, 0.25) is 10.0 Å². The van der Waals surface area contributed by atoms with Crippen molar-refractivity contribution in [2.24, 2.45) is 5.41 Å². The van der Waals surface area contributed by atoms with Gasteiger partial charge < -0.3 is 10.2 Å². The smallest absolute Gasteiger partial charge is 0.335 e. The molecule has 2 rings (SSSR count). The van der Waals surface area contributed by atoms with Gasteiger partial charge >= 0.3 is 5.97 Å². The molecule has 2 atom stereocenters. The molecule has 0 amide bonds. The number of carbonyl (C=O) groups is 1. The summed E-state index contributed by atoms with van der Waals surface area (Å²) in [6, 6.07) is 5.55. The average molecular weight is 313 g/mol. The van der Waals surface area contributed by atoms with E-state index in [1.54, 1.807) is 19.9 Å². The van der Waals surface area contributed by atoms with E-state index < -0.39 is 27.5 Å². The number of carboxylic acid groups (broad SMARTS) is 1. The lowest BCUT2D eigenvalue weighted by molar-refractivity contribution is -0.0645. The van der Waals surface area contributed by atoms with Crippen molar-refractivity contribution in [3.8, 4) is 0 Å². The number of aliphatic hydroxyl groups excluding tert-OH is 1. The van der Waals surface area contributed by atoms with Crippen LogP contribution in [0.2, 0.25) is 0 Å². The topological polar surface area (TPSA) is 104 Å². The first kappa shape index (κ1) is 15.9. The SMILES string of the molecule is CC1(C)C(O)CC1NS(=O)(=O)Cc1cccc(C(=O)O)c1. The van der Waals surface area contributed by atoms with Crippen molar-refractivity contribution in [2.45, 2.75) is 38.2 Å². The van der Waals surface area contributed by atoms with Crippen LogP contribution in [0.4, 0.5) is 0 Å². The van der Waals surface area contributed by atoms with E-state index in [9.17, 15) is 18.3 Å². The Morgan fingerprint density at radius 3 is 2.62 bits per heavy atom. The fourth-order valence-corrected chi connectivity index (χ4v) is 3.91. The highest BCUT2D eigenvalue weighted by atomic mass is 32.2. The Morgan fingerprint density at radius 1 is 1.43 bits per heavy atom. The van der Waals surface area contributed by atoms with Gasteiger partial charge in [-0.1, -0.05) is 26.0 Å². The first-order valence-electron chi connectivity index (χ1n) is 6.62. The molecule has 3 N–H and O–H groups in total. The minimum atomic E-state index is -3.59. The fraction of sp³-hybridized carbons (Fsp3) is 0.500. The molecule has 0 bridgehead atoms. The van der Waals surface area contributed by atoms with Crippen molar-refractivity contribution in [1.29, 1.82) is 0 Å². The summed E-state index contributed by atoms with van der Waals surface area (Å²) in [6.07, 6.45) is -0.123. The number of benzene rings is 1. The first-order chi connectivity index (χ1) is 9.62. The van der Waals surface area contributed by atoms with Gasteiger partial charge in [-0.3, -0.25) is 0 Å². The summed E-state index contributed by atoms with van der Waals surface area (Å²) in [5, 5.41) is 18.5. The molecule has 0 spiro atoms. The summed E-state index contributed by atoms with van der Waals surface area (Å²) < 4.78 is 26.9. The molecule has 0 aromatic heterocycles.